The van der Waals surface area contributed by atoms with E-state index in [-0.39, 0.29) is 10.6 Å². The first-order valence-corrected chi connectivity index (χ1v) is 7.86. The monoisotopic (exact) mass is 342 g/mol. The summed E-state index contributed by atoms with van der Waals surface area (Å²) in [6, 6.07) is 6.97. The van der Waals surface area contributed by atoms with Crippen molar-refractivity contribution in [3.05, 3.63) is 58.4 Å². The molecular weight excluding hydrogens is 333 g/mol. The van der Waals surface area contributed by atoms with E-state index in [4.69, 9.17) is 11.6 Å². The minimum Gasteiger partial charge on any atom is -0.545 e. The van der Waals surface area contributed by atoms with Crippen molar-refractivity contribution in [1.29, 1.82) is 0 Å². The Morgan fingerprint density at radius 2 is 1.91 bits per heavy atom. The standard InChI is InChI=1S/C14H11ClFNO4S/c1-8-6-9(15)2-5-13(8)17-22(20,21)10-3-4-12(16)11(7-10)14(18)19/h2-7,17H,1H3,(H,18,19)/p-1. The first kappa shape index (κ1) is 16.3. The molecule has 0 aliphatic rings. The van der Waals surface area contributed by atoms with Gasteiger partial charge in [0.25, 0.3) is 10.0 Å². The zero-order valence-corrected chi connectivity index (χ0v) is 12.8. The molecule has 8 heteroatoms. The largest absolute Gasteiger partial charge is 0.545 e. The zero-order chi connectivity index (χ0) is 16.5. The highest BCUT2D eigenvalue weighted by Crippen LogP contribution is 2.23. The van der Waals surface area contributed by atoms with Crippen molar-refractivity contribution in [3.63, 3.8) is 0 Å². The van der Waals surface area contributed by atoms with Gasteiger partial charge in [-0.2, -0.15) is 0 Å². The fourth-order valence-corrected chi connectivity index (χ4v) is 3.16. The summed E-state index contributed by atoms with van der Waals surface area (Å²) >= 11 is 5.79. The number of aromatic carboxylic acids is 1. The van der Waals surface area contributed by atoms with E-state index in [0.29, 0.717) is 16.7 Å². The molecule has 0 radical (unpaired) electrons. The molecule has 0 aliphatic heterocycles. The Kier molecular flexibility index (Phi) is 4.39. The normalized spacial score (nSPS) is 11.2. The molecule has 0 saturated heterocycles. The molecule has 0 amide bonds. The number of benzene rings is 2. The van der Waals surface area contributed by atoms with Gasteiger partial charge in [0.1, 0.15) is 5.82 Å². The van der Waals surface area contributed by atoms with Crippen molar-refractivity contribution in [2.45, 2.75) is 11.8 Å². The van der Waals surface area contributed by atoms with Gasteiger partial charge in [-0.1, -0.05) is 11.6 Å². The molecule has 0 aromatic heterocycles. The van der Waals surface area contributed by atoms with Crippen molar-refractivity contribution in [3.8, 4) is 0 Å². The van der Waals surface area contributed by atoms with Crippen LogP contribution in [0.4, 0.5) is 10.1 Å². The summed E-state index contributed by atoms with van der Waals surface area (Å²) in [7, 11) is -4.07. The van der Waals surface area contributed by atoms with Crippen LogP contribution < -0.4 is 9.83 Å². The summed E-state index contributed by atoms with van der Waals surface area (Å²) in [6.45, 7) is 1.65. The Hall–Kier alpha value is -2.12. The van der Waals surface area contributed by atoms with Gasteiger partial charge in [0, 0.05) is 10.6 Å². The van der Waals surface area contributed by atoms with E-state index in [0.717, 1.165) is 12.1 Å². The van der Waals surface area contributed by atoms with Gasteiger partial charge in [0.05, 0.1) is 16.6 Å². The Labute approximate surface area is 131 Å². The van der Waals surface area contributed by atoms with Crippen LogP contribution in [0.25, 0.3) is 0 Å². The van der Waals surface area contributed by atoms with Gasteiger partial charge in [-0.3, -0.25) is 4.72 Å². The smallest absolute Gasteiger partial charge is 0.261 e. The molecule has 116 valence electrons. The van der Waals surface area contributed by atoms with Crippen LogP contribution in [0.5, 0.6) is 0 Å². The molecule has 2 rings (SSSR count). The third kappa shape index (κ3) is 3.37. The number of hydrogen-bond acceptors (Lipinski definition) is 4. The second kappa shape index (κ2) is 5.94. The molecule has 0 aliphatic carbocycles. The van der Waals surface area contributed by atoms with E-state index >= 15 is 0 Å². The number of rotatable bonds is 4. The number of hydrogen-bond donors (Lipinski definition) is 1. The van der Waals surface area contributed by atoms with Gasteiger partial charge in [0.15, 0.2) is 0 Å². The average Bonchev–Trinajstić information content (AvgIpc) is 2.42. The molecule has 0 unspecified atom stereocenters. The van der Waals surface area contributed by atoms with E-state index in [2.05, 4.69) is 4.72 Å². The number of carboxylic acid groups (broad SMARTS) is 1. The molecule has 0 atom stereocenters. The van der Waals surface area contributed by atoms with Crippen molar-refractivity contribution in [1.82, 2.24) is 0 Å². The van der Waals surface area contributed by atoms with E-state index in [9.17, 15) is 22.7 Å². The SMILES string of the molecule is Cc1cc(Cl)ccc1NS(=O)(=O)c1ccc(F)c(C(=O)[O-])c1. The van der Waals surface area contributed by atoms with E-state index in [1.165, 1.54) is 12.1 Å². The van der Waals surface area contributed by atoms with Crippen LogP contribution in [0.3, 0.4) is 0 Å². The predicted molar refractivity (Wildman–Crippen MR) is 77.7 cm³/mol. The summed E-state index contributed by atoms with van der Waals surface area (Å²) in [5.41, 5.74) is 0.0396. The van der Waals surface area contributed by atoms with Crippen LogP contribution >= 0.6 is 11.6 Å². The zero-order valence-electron chi connectivity index (χ0n) is 11.3. The van der Waals surface area contributed by atoms with Crippen LogP contribution in [0.2, 0.25) is 5.02 Å². The summed E-state index contributed by atoms with van der Waals surface area (Å²) < 4.78 is 40.1. The predicted octanol–water partition coefficient (Wildman–Crippen LogP) is 1.95. The van der Waals surface area contributed by atoms with Crippen LogP contribution in [-0.4, -0.2) is 14.4 Å². The van der Waals surface area contributed by atoms with Gasteiger partial charge < -0.3 is 9.90 Å². The molecular formula is C14H10ClFNO4S-. The minimum atomic E-state index is -4.07. The van der Waals surface area contributed by atoms with E-state index in [1.807, 2.05) is 0 Å². The van der Waals surface area contributed by atoms with Crippen LogP contribution in [0.1, 0.15) is 15.9 Å². The molecule has 2 aromatic carbocycles. The van der Waals surface area contributed by atoms with Crippen molar-refractivity contribution < 1.29 is 22.7 Å². The molecule has 0 saturated carbocycles. The lowest BCUT2D eigenvalue weighted by molar-refractivity contribution is -0.255. The lowest BCUT2D eigenvalue weighted by Gasteiger charge is -2.12. The van der Waals surface area contributed by atoms with E-state index in [1.54, 1.807) is 13.0 Å². The number of anilines is 1. The topological polar surface area (TPSA) is 86.3 Å². The third-order valence-corrected chi connectivity index (χ3v) is 4.50. The Morgan fingerprint density at radius 1 is 1.23 bits per heavy atom. The van der Waals surface area contributed by atoms with Crippen LogP contribution in [-0.2, 0) is 10.0 Å². The second-order valence-corrected chi connectivity index (χ2v) is 6.61. The van der Waals surface area contributed by atoms with E-state index < -0.39 is 27.4 Å². The molecule has 2 aromatic rings. The average molecular weight is 343 g/mol. The molecule has 0 fully saturated rings. The first-order valence-electron chi connectivity index (χ1n) is 6.00. The fraction of sp³-hybridized carbons (Fsp3) is 0.0714. The summed E-state index contributed by atoms with van der Waals surface area (Å²) in [5, 5.41) is 11.2. The third-order valence-electron chi connectivity index (χ3n) is 2.90. The van der Waals surface area contributed by atoms with Gasteiger partial charge in [-0.05, 0) is 48.9 Å². The first-order chi connectivity index (χ1) is 10.2. The maximum atomic E-state index is 13.3. The second-order valence-electron chi connectivity index (χ2n) is 4.49. The lowest BCUT2D eigenvalue weighted by Crippen LogP contribution is -2.24. The number of sulfonamides is 1. The minimum absolute atomic E-state index is 0.281. The van der Waals surface area contributed by atoms with Gasteiger partial charge in [0.2, 0.25) is 0 Å². The number of aryl methyl sites for hydroxylation is 1. The van der Waals surface area contributed by atoms with Crippen LogP contribution in [0, 0.1) is 12.7 Å². The highest BCUT2D eigenvalue weighted by Gasteiger charge is 2.17. The number of nitrogens with one attached hydrogen (secondary N) is 1. The van der Waals surface area contributed by atoms with Crippen LogP contribution in [0.15, 0.2) is 41.3 Å². The quantitative estimate of drug-likeness (QED) is 0.920. The lowest BCUT2D eigenvalue weighted by atomic mass is 10.2. The Morgan fingerprint density at radius 3 is 2.50 bits per heavy atom. The number of carboxylic acids is 1. The summed E-state index contributed by atoms with van der Waals surface area (Å²) in [5.74, 6) is -2.86. The highest BCUT2D eigenvalue weighted by molar-refractivity contribution is 7.92. The molecule has 0 heterocycles. The van der Waals surface area contributed by atoms with Gasteiger partial charge >= 0.3 is 0 Å². The van der Waals surface area contributed by atoms with Crippen molar-refractivity contribution in [2.24, 2.45) is 0 Å². The fourth-order valence-electron chi connectivity index (χ4n) is 1.77. The molecule has 0 spiro atoms. The molecule has 22 heavy (non-hydrogen) atoms. The van der Waals surface area contributed by atoms with Gasteiger partial charge in [-0.15, -0.1) is 0 Å². The summed E-state index contributed by atoms with van der Waals surface area (Å²) in [6.07, 6.45) is 0. The molecule has 1 N–H and O–H groups in total. The number of carbonyl (C=O) groups excluding carboxylic acids is 1. The molecule has 0 bridgehead atoms. The molecule has 5 nitrogen and oxygen atoms in total. The highest BCUT2D eigenvalue weighted by atomic mass is 35.5. The maximum absolute atomic E-state index is 13.3. The Bertz CT molecular complexity index is 852. The Balaban J connectivity index is 2.42. The maximum Gasteiger partial charge on any atom is 0.261 e. The summed E-state index contributed by atoms with van der Waals surface area (Å²) in [4.78, 5) is 10.4. The van der Waals surface area contributed by atoms with Gasteiger partial charge in [-0.25, -0.2) is 12.8 Å². The number of halogens is 2. The van der Waals surface area contributed by atoms with Crippen molar-refractivity contribution in [2.75, 3.05) is 4.72 Å². The number of carbonyl (C=O) groups is 1. The van der Waals surface area contributed by atoms with Crippen molar-refractivity contribution >= 4 is 33.3 Å².